The van der Waals surface area contributed by atoms with Crippen molar-refractivity contribution in [2.45, 2.75) is 13.8 Å². The average molecular weight is 207 g/mol. The van der Waals surface area contributed by atoms with Crippen molar-refractivity contribution >= 4 is 5.76 Å². The molecule has 0 saturated heterocycles. The molecule has 3 heteroatoms. The highest BCUT2D eigenvalue weighted by Gasteiger charge is 2.08. The fourth-order valence-corrected chi connectivity index (χ4v) is 1.41. The van der Waals surface area contributed by atoms with E-state index in [9.17, 15) is 0 Å². The summed E-state index contributed by atoms with van der Waals surface area (Å²) in [6.45, 7) is 4.09. The van der Waals surface area contributed by atoms with Crippen molar-refractivity contribution in [2.24, 2.45) is 5.73 Å². The molecule has 1 aromatic carbocycles. The molecule has 82 valence electrons. The predicted molar refractivity (Wildman–Crippen MR) is 61.5 cm³/mol. The molecule has 0 heterocycles. The van der Waals surface area contributed by atoms with Crippen LogP contribution in [0.4, 0.5) is 0 Å². The first-order chi connectivity index (χ1) is 7.22. The van der Waals surface area contributed by atoms with Gasteiger partial charge in [-0.2, -0.15) is 0 Å². The van der Waals surface area contributed by atoms with Crippen LogP contribution in [0.5, 0.6) is 5.75 Å². The van der Waals surface area contributed by atoms with Crippen molar-refractivity contribution in [1.82, 2.24) is 0 Å². The lowest BCUT2D eigenvalue weighted by atomic mass is 10.1. The van der Waals surface area contributed by atoms with Crippen molar-refractivity contribution in [3.63, 3.8) is 0 Å². The molecule has 0 radical (unpaired) electrons. The first kappa shape index (κ1) is 11.6. The number of benzene rings is 1. The molecule has 0 aliphatic rings. The lowest BCUT2D eigenvalue weighted by Gasteiger charge is -2.12. The van der Waals surface area contributed by atoms with E-state index in [-0.39, 0.29) is 6.73 Å². The van der Waals surface area contributed by atoms with Crippen LogP contribution in [-0.4, -0.2) is 13.8 Å². The SMILES string of the molecule is C/C=C(\OCN)c1ccc(C)cc1OC. The normalized spacial score (nSPS) is 11.3. The summed E-state index contributed by atoms with van der Waals surface area (Å²) >= 11 is 0. The zero-order valence-electron chi connectivity index (χ0n) is 9.41. The highest BCUT2D eigenvalue weighted by atomic mass is 16.5. The summed E-state index contributed by atoms with van der Waals surface area (Å²) in [6, 6.07) is 5.96. The molecule has 3 nitrogen and oxygen atoms in total. The van der Waals surface area contributed by atoms with Gasteiger partial charge in [-0.1, -0.05) is 6.07 Å². The first-order valence-electron chi connectivity index (χ1n) is 4.87. The Labute approximate surface area is 90.5 Å². The third-order valence-electron chi connectivity index (χ3n) is 2.12. The van der Waals surface area contributed by atoms with E-state index in [4.69, 9.17) is 15.2 Å². The largest absolute Gasteiger partial charge is 0.496 e. The molecule has 1 rings (SSSR count). The second kappa shape index (κ2) is 5.41. The van der Waals surface area contributed by atoms with Crippen molar-refractivity contribution < 1.29 is 9.47 Å². The summed E-state index contributed by atoms with van der Waals surface area (Å²) < 4.78 is 10.6. The van der Waals surface area contributed by atoms with Gasteiger partial charge in [0, 0.05) is 0 Å². The van der Waals surface area contributed by atoms with Gasteiger partial charge in [0.25, 0.3) is 0 Å². The van der Waals surface area contributed by atoms with Crippen LogP contribution >= 0.6 is 0 Å². The van der Waals surface area contributed by atoms with E-state index >= 15 is 0 Å². The van der Waals surface area contributed by atoms with Crippen molar-refractivity contribution in [3.05, 3.63) is 35.4 Å². The Hall–Kier alpha value is -1.48. The summed E-state index contributed by atoms with van der Waals surface area (Å²) in [7, 11) is 1.65. The molecule has 2 N–H and O–H groups in total. The highest BCUT2D eigenvalue weighted by molar-refractivity contribution is 5.66. The molecule has 0 spiro atoms. The Bertz CT molecular complexity index is 359. The van der Waals surface area contributed by atoms with Gasteiger partial charge < -0.3 is 9.47 Å². The zero-order chi connectivity index (χ0) is 11.3. The molecule has 0 saturated carbocycles. The molecule has 1 aromatic rings. The second-order valence-electron chi connectivity index (χ2n) is 3.17. The minimum Gasteiger partial charge on any atom is -0.496 e. The van der Waals surface area contributed by atoms with Crippen molar-refractivity contribution in [2.75, 3.05) is 13.8 Å². The standard InChI is InChI=1S/C12H17NO2/c1-4-11(15-8-13)10-6-5-9(2)7-12(10)14-3/h4-7H,8,13H2,1-3H3/b11-4-. The van der Waals surface area contributed by atoms with Crippen LogP contribution in [-0.2, 0) is 4.74 Å². The quantitative estimate of drug-likeness (QED) is 0.608. The molecule has 0 fully saturated rings. The van der Waals surface area contributed by atoms with Gasteiger partial charge >= 0.3 is 0 Å². The maximum Gasteiger partial charge on any atom is 0.137 e. The van der Waals surface area contributed by atoms with Gasteiger partial charge in [0.05, 0.1) is 12.7 Å². The maximum atomic E-state index is 5.36. The molecular weight excluding hydrogens is 190 g/mol. The number of nitrogens with two attached hydrogens (primary N) is 1. The van der Waals surface area contributed by atoms with Gasteiger partial charge in [0.1, 0.15) is 18.2 Å². The van der Waals surface area contributed by atoms with Crippen molar-refractivity contribution in [3.8, 4) is 5.75 Å². The lowest BCUT2D eigenvalue weighted by molar-refractivity contribution is 0.285. The van der Waals surface area contributed by atoms with Crippen LogP contribution < -0.4 is 10.5 Å². The van der Waals surface area contributed by atoms with E-state index < -0.39 is 0 Å². The molecule has 0 bridgehead atoms. The second-order valence-corrected chi connectivity index (χ2v) is 3.17. The molecule has 15 heavy (non-hydrogen) atoms. The first-order valence-corrected chi connectivity index (χ1v) is 4.87. The molecular formula is C12H17NO2. The van der Waals surface area contributed by atoms with Crippen LogP contribution in [0.25, 0.3) is 5.76 Å². The number of hydrogen-bond acceptors (Lipinski definition) is 3. The Morgan fingerprint density at radius 1 is 1.47 bits per heavy atom. The van der Waals surface area contributed by atoms with Crippen LogP contribution in [0.3, 0.4) is 0 Å². The fraction of sp³-hybridized carbons (Fsp3) is 0.333. The average Bonchev–Trinajstić information content (AvgIpc) is 2.26. The summed E-state index contributed by atoms with van der Waals surface area (Å²) in [4.78, 5) is 0. The Balaban J connectivity index is 3.11. The number of aryl methyl sites for hydroxylation is 1. The Morgan fingerprint density at radius 3 is 2.73 bits per heavy atom. The molecule has 0 amide bonds. The zero-order valence-corrected chi connectivity index (χ0v) is 9.41. The van der Waals surface area contributed by atoms with Crippen LogP contribution in [0.2, 0.25) is 0 Å². The number of allylic oxidation sites excluding steroid dienone is 1. The van der Waals surface area contributed by atoms with Gasteiger partial charge in [-0.3, -0.25) is 5.73 Å². The summed E-state index contributed by atoms with van der Waals surface area (Å²) in [5, 5.41) is 0. The minimum absolute atomic E-state index is 0.163. The van der Waals surface area contributed by atoms with E-state index in [1.807, 2.05) is 38.1 Å². The van der Waals surface area contributed by atoms with E-state index in [0.717, 1.165) is 22.6 Å². The van der Waals surface area contributed by atoms with Crippen LogP contribution in [0.15, 0.2) is 24.3 Å². The van der Waals surface area contributed by atoms with E-state index in [0.29, 0.717) is 0 Å². The highest BCUT2D eigenvalue weighted by Crippen LogP contribution is 2.27. The number of methoxy groups -OCH3 is 1. The van der Waals surface area contributed by atoms with E-state index in [1.165, 1.54) is 0 Å². The summed E-state index contributed by atoms with van der Waals surface area (Å²) in [5.41, 5.74) is 7.44. The van der Waals surface area contributed by atoms with E-state index in [2.05, 4.69) is 0 Å². The maximum absolute atomic E-state index is 5.36. The van der Waals surface area contributed by atoms with Gasteiger partial charge in [-0.15, -0.1) is 0 Å². The molecule has 0 unspecified atom stereocenters. The topological polar surface area (TPSA) is 44.5 Å². The third-order valence-corrected chi connectivity index (χ3v) is 2.12. The van der Waals surface area contributed by atoms with E-state index in [1.54, 1.807) is 7.11 Å². The Morgan fingerprint density at radius 2 is 2.20 bits per heavy atom. The number of rotatable bonds is 4. The monoisotopic (exact) mass is 207 g/mol. The third kappa shape index (κ3) is 2.73. The van der Waals surface area contributed by atoms with Crippen LogP contribution in [0, 0.1) is 6.92 Å². The minimum atomic E-state index is 0.163. The smallest absolute Gasteiger partial charge is 0.137 e. The molecule has 0 aliphatic heterocycles. The summed E-state index contributed by atoms with van der Waals surface area (Å²) in [6.07, 6.45) is 1.88. The van der Waals surface area contributed by atoms with Gasteiger partial charge in [-0.05, 0) is 37.6 Å². The number of hydrogen-bond donors (Lipinski definition) is 1. The Kier molecular flexibility index (Phi) is 4.18. The predicted octanol–water partition coefficient (Wildman–Crippen LogP) is 2.30. The number of ether oxygens (including phenoxy) is 2. The van der Waals surface area contributed by atoms with Gasteiger partial charge in [-0.25, -0.2) is 0 Å². The van der Waals surface area contributed by atoms with Gasteiger partial charge in [0.2, 0.25) is 0 Å². The lowest BCUT2D eigenvalue weighted by Crippen LogP contribution is -2.04. The van der Waals surface area contributed by atoms with Gasteiger partial charge in [0.15, 0.2) is 0 Å². The van der Waals surface area contributed by atoms with Crippen LogP contribution in [0.1, 0.15) is 18.1 Å². The molecule has 0 aliphatic carbocycles. The molecule has 0 atom stereocenters. The molecule has 0 aromatic heterocycles. The summed E-state index contributed by atoms with van der Waals surface area (Å²) in [5.74, 6) is 1.55. The van der Waals surface area contributed by atoms with Crippen molar-refractivity contribution in [1.29, 1.82) is 0 Å². The fourth-order valence-electron chi connectivity index (χ4n) is 1.41.